The third-order valence-electron chi connectivity index (χ3n) is 2.72. The molecular formula is C15H12BrFO. The fraction of sp³-hybridized carbons (Fsp3) is 0.133. The standard InChI is InChI=1S/C15H12BrFO/c1-2-10-4-3-5-11(6-10)15(18)12-7-13(16)9-14(17)8-12/h3-9H,2H2,1H3. The van der Waals surface area contributed by atoms with E-state index in [4.69, 9.17) is 0 Å². The van der Waals surface area contributed by atoms with Crippen molar-refractivity contribution in [2.45, 2.75) is 13.3 Å². The molecule has 0 N–H and O–H groups in total. The van der Waals surface area contributed by atoms with Crippen molar-refractivity contribution in [1.82, 2.24) is 0 Å². The molecule has 0 unspecified atom stereocenters. The minimum Gasteiger partial charge on any atom is -0.289 e. The molecule has 0 heterocycles. The molecule has 0 aliphatic rings. The maximum absolute atomic E-state index is 13.3. The van der Waals surface area contributed by atoms with Crippen LogP contribution in [-0.2, 0) is 6.42 Å². The minimum absolute atomic E-state index is 0.162. The number of rotatable bonds is 3. The van der Waals surface area contributed by atoms with Crippen LogP contribution in [-0.4, -0.2) is 5.78 Å². The van der Waals surface area contributed by atoms with Gasteiger partial charge in [-0.05, 0) is 36.2 Å². The van der Waals surface area contributed by atoms with E-state index in [1.807, 2.05) is 25.1 Å². The molecule has 0 spiro atoms. The summed E-state index contributed by atoms with van der Waals surface area (Å²) in [6.45, 7) is 2.03. The van der Waals surface area contributed by atoms with Crippen LogP contribution in [0.15, 0.2) is 46.9 Å². The van der Waals surface area contributed by atoms with E-state index >= 15 is 0 Å². The molecule has 0 amide bonds. The maximum atomic E-state index is 13.3. The first-order valence-corrected chi connectivity index (χ1v) is 6.49. The van der Waals surface area contributed by atoms with Gasteiger partial charge in [0.15, 0.2) is 5.78 Å². The Kier molecular flexibility index (Phi) is 3.92. The molecule has 2 aromatic carbocycles. The highest BCUT2D eigenvalue weighted by atomic mass is 79.9. The summed E-state index contributed by atoms with van der Waals surface area (Å²) < 4.78 is 13.8. The third kappa shape index (κ3) is 2.85. The number of hydrogen-bond acceptors (Lipinski definition) is 1. The van der Waals surface area contributed by atoms with E-state index < -0.39 is 5.82 Å². The topological polar surface area (TPSA) is 17.1 Å². The van der Waals surface area contributed by atoms with E-state index in [-0.39, 0.29) is 5.78 Å². The lowest BCUT2D eigenvalue weighted by Crippen LogP contribution is -2.02. The van der Waals surface area contributed by atoms with Crippen LogP contribution >= 0.6 is 15.9 Å². The number of hydrogen-bond donors (Lipinski definition) is 0. The van der Waals surface area contributed by atoms with E-state index in [0.717, 1.165) is 12.0 Å². The van der Waals surface area contributed by atoms with E-state index in [2.05, 4.69) is 15.9 Å². The van der Waals surface area contributed by atoms with Gasteiger partial charge < -0.3 is 0 Å². The van der Waals surface area contributed by atoms with E-state index in [1.54, 1.807) is 12.1 Å². The Bertz CT molecular complexity index is 573. The van der Waals surface area contributed by atoms with Gasteiger partial charge in [0, 0.05) is 15.6 Å². The van der Waals surface area contributed by atoms with Gasteiger partial charge in [-0.3, -0.25) is 4.79 Å². The van der Waals surface area contributed by atoms with Gasteiger partial charge in [-0.15, -0.1) is 0 Å². The number of aryl methyl sites for hydroxylation is 1. The zero-order valence-corrected chi connectivity index (χ0v) is 11.5. The Labute approximate surface area is 114 Å². The van der Waals surface area contributed by atoms with Crippen LogP contribution in [0.2, 0.25) is 0 Å². The lowest BCUT2D eigenvalue weighted by atomic mass is 10.0. The fourth-order valence-corrected chi connectivity index (χ4v) is 2.25. The maximum Gasteiger partial charge on any atom is 0.193 e. The first-order chi connectivity index (χ1) is 8.60. The fourth-order valence-electron chi connectivity index (χ4n) is 1.78. The predicted molar refractivity (Wildman–Crippen MR) is 73.4 cm³/mol. The average molecular weight is 307 g/mol. The second-order valence-corrected chi connectivity index (χ2v) is 4.96. The monoisotopic (exact) mass is 306 g/mol. The van der Waals surface area contributed by atoms with Crippen molar-refractivity contribution in [3.63, 3.8) is 0 Å². The normalized spacial score (nSPS) is 10.4. The number of halogens is 2. The predicted octanol–water partition coefficient (Wildman–Crippen LogP) is 4.38. The Balaban J connectivity index is 2.41. The molecule has 0 atom stereocenters. The molecule has 0 saturated heterocycles. The van der Waals surface area contributed by atoms with Crippen LogP contribution < -0.4 is 0 Å². The molecule has 0 saturated carbocycles. The zero-order chi connectivity index (χ0) is 13.1. The molecule has 0 aliphatic carbocycles. The highest BCUT2D eigenvalue weighted by Crippen LogP contribution is 2.18. The van der Waals surface area contributed by atoms with Crippen molar-refractivity contribution >= 4 is 21.7 Å². The Morgan fingerprint density at radius 3 is 2.61 bits per heavy atom. The minimum atomic E-state index is -0.417. The summed E-state index contributed by atoms with van der Waals surface area (Å²) in [5.41, 5.74) is 2.04. The molecule has 0 aromatic heterocycles. The molecule has 2 rings (SSSR count). The van der Waals surface area contributed by atoms with Crippen LogP contribution in [0.5, 0.6) is 0 Å². The molecule has 18 heavy (non-hydrogen) atoms. The second-order valence-electron chi connectivity index (χ2n) is 4.04. The number of benzene rings is 2. The zero-order valence-electron chi connectivity index (χ0n) is 9.91. The SMILES string of the molecule is CCc1cccc(C(=O)c2cc(F)cc(Br)c2)c1. The van der Waals surface area contributed by atoms with Gasteiger partial charge in [0.25, 0.3) is 0 Å². The molecule has 3 heteroatoms. The Morgan fingerprint density at radius 1 is 1.17 bits per heavy atom. The van der Waals surface area contributed by atoms with Crippen molar-refractivity contribution in [2.24, 2.45) is 0 Å². The molecule has 92 valence electrons. The third-order valence-corrected chi connectivity index (χ3v) is 3.18. The summed E-state index contributed by atoms with van der Waals surface area (Å²) >= 11 is 3.19. The summed E-state index contributed by atoms with van der Waals surface area (Å²) in [5.74, 6) is -0.579. The summed E-state index contributed by atoms with van der Waals surface area (Å²) in [7, 11) is 0. The lowest BCUT2D eigenvalue weighted by molar-refractivity contribution is 0.103. The largest absolute Gasteiger partial charge is 0.289 e. The van der Waals surface area contributed by atoms with Gasteiger partial charge in [-0.2, -0.15) is 0 Å². The van der Waals surface area contributed by atoms with E-state index in [9.17, 15) is 9.18 Å². The van der Waals surface area contributed by atoms with Gasteiger partial charge in [0.05, 0.1) is 0 Å². The van der Waals surface area contributed by atoms with Gasteiger partial charge in [-0.25, -0.2) is 4.39 Å². The molecule has 0 radical (unpaired) electrons. The van der Waals surface area contributed by atoms with Crippen LogP contribution in [0.3, 0.4) is 0 Å². The van der Waals surface area contributed by atoms with Crippen molar-refractivity contribution in [2.75, 3.05) is 0 Å². The highest BCUT2D eigenvalue weighted by molar-refractivity contribution is 9.10. The van der Waals surface area contributed by atoms with Gasteiger partial charge >= 0.3 is 0 Å². The average Bonchev–Trinajstić information content (AvgIpc) is 2.37. The highest BCUT2D eigenvalue weighted by Gasteiger charge is 2.11. The van der Waals surface area contributed by atoms with Gasteiger partial charge in [-0.1, -0.05) is 41.1 Å². The summed E-state index contributed by atoms with van der Waals surface area (Å²) in [5, 5.41) is 0. The first kappa shape index (κ1) is 13.0. The summed E-state index contributed by atoms with van der Waals surface area (Å²) in [6, 6.07) is 11.6. The Hall–Kier alpha value is -1.48. The van der Waals surface area contributed by atoms with Gasteiger partial charge in [0.1, 0.15) is 5.82 Å². The summed E-state index contributed by atoms with van der Waals surface area (Å²) in [6.07, 6.45) is 0.869. The number of carbonyl (C=O) groups is 1. The molecule has 1 nitrogen and oxygen atoms in total. The molecular weight excluding hydrogens is 295 g/mol. The molecule has 0 bridgehead atoms. The smallest absolute Gasteiger partial charge is 0.193 e. The van der Waals surface area contributed by atoms with Crippen molar-refractivity contribution in [1.29, 1.82) is 0 Å². The number of carbonyl (C=O) groups excluding carboxylic acids is 1. The van der Waals surface area contributed by atoms with Gasteiger partial charge in [0.2, 0.25) is 0 Å². The van der Waals surface area contributed by atoms with Crippen LogP contribution in [0.4, 0.5) is 4.39 Å². The van der Waals surface area contributed by atoms with Crippen molar-refractivity contribution in [3.8, 4) is 0 Å². The molecule has 0 fully saturated rings. The number of ketones is 1. The van der Waals surface area contributed by atoms with E-state index in [0.29, 0.717) is 15.6 Å². The molecule has 0 aliphatic heterocycles. The van der Waals surface area contributed by atoms with E-state index in [1.165, 1.54) is 12.1 Å². The second kappa shape index (κ2) is 5.44. The lowest BCUT2D eigenvalue weighted by Gasteiger charge is -2.04. The molecule has 2 aromatic rings. The van der Waals surface area contributed by atoms with Crippen molar-refractivity contribution in [3.05, 3.63) is 69.4 Å². The quantitative estimate of drug-likeness (QED) is 0.769. The van der Waals surface area contributed by atoms with Crippen LogP contribution in [0.1, 0.15) is 28.4 Å². The first-order valence-electron chi connectivity index (χ1n) is 5.70. The van der Waals surface area contributed by atoms with Crippen molar-refractivity contribution < 1.29 is 9.18 Å². The van der Waals surface area contributed by atoms with Crippen LogP contribution in [0.25, 0.3) is 0 Å². The van der Waals surface area contributed by atoms with Crippen LogP contribution in [0, 0.1) is 5.82 Å². The summed E-state index contributed by atoms with van der Waals surface area (Å²) in [4.78, 5) is 12.2. The Morgan fingerprint density at radius 2 is 1.94 bits per heavy atom.